The molecule has 4 rings (SSSR count). The molecule has 0 radical (unpaired) electrons. The van der Waals surface area contributed by atoms with Gasteiger partial charge < -0.3 is 14.3 Å². The zero-order chi connectivity index (χ0) is 19.7. The molecule has 4 nitrogen and oxygen atoms in total. The lowest BCUT2D eigenvalue weighted by atomic mass is 10.1. The molecule has 0 atom stereocenters. The Hall–Kier alpha value is -3.08. The molecule has 0 fully saturated rings. The van der Waals surface area contributed by atoms with Gasteiger partial charge in [-0.3, -0.25) is 0 Å². The summed E-state index contributed by atoms with van der Waals surface area (Å²) in [7, 11) is 0. The predicted molar refractivity (Wildman–Crippen MR) is 109 cm³/mol. The van der Waals surface area contributed by atoms with Crippen LogP contribution in [0.4, 0.5) is 0 Å². The molecule has 0 saturated heterocycles. The van der Waals surface area contributed by atoms with E-state index in [1.807, 2.05) is 0 Å². The minimum absolute atomic E-state index is 0.0936. The second kappa shape index (κ2) is 7.50. The summed E-state index contributed by atoms with van der Waals surface area (Å²) in [6.07, 6.45) is 3.39. The second-order valence-corrected chi connectivity index (χ2v) is 6.90. The third-order valence-electron chi connectivity index (χ3n) is 4.19. The van der Waals surface area contributed by atoms with Gasteiger partial charge in [0.05, 0.1) is 22.2 Å². The van der Waals surface area contributed by atoms with Crippen LogP contribution in [0.1, 0.15) is 21.8 Å². The molecule has 2 aromatic heterocycles. The van der Waals surface area contributed by atoms with Gasteiger partial charge in [-0.2, -0.15) is 0 Å². The van der Waals surface area contributed by atoms with Crippen molar-refractivity contribution in [3.63, 3.8) is 0 Å². The molecule has 6 heteroatoms. The fourth-order valence-corrected chi connectivity index (χ4v) is 3.27. The minimum atomic E-state index is -1.25. The number of halogens is 2. The average molecular weight is 409 g/mol. The summed E-state index contributed by atoms with van der Waals surface area (Å²) in [5.74, 6) is -0.103. The van der Waals surface area contributed by atoms with Gasteiger partial charge in [0.1, 0.15) is 11.5 Å². The van der Waals surface area contributed by atoms with Gasteiger partial charge in [-0.15, -0.1) is 0 Å². The van der Waals surface area contributed by atoms with Crippen LogP contribution in [0.15, 0.2) is 65.1 Å². The molecule has 0 spiro atoms. The van der Waals surface area contributed by atoms with E-state index >= 15 is 0 Å². The number of carbonyl (C=O) groups is 1. The Labute approximate surface area is 170 Å². The van der Waals surface area contributed by atoms with Crippen molar-refractivity contribution in [2.24, 2.45) is 0 Å². The monoisotopic (exact) mass is 408 g/mol. The maximum Gasteiger partial charge on any atom is 0.136 e. The first-order valence-electron chi connectivity index (χ1n) is 8.36. The SMILES string of the molecule is O=C([O-])c1cc(/C=C/c2ccc(-c3cc(Cl)ccc3Cl)o2)nc2ccccc12. The highest BCUT2D eigenvalue weighted by Crippen LogP contribution is 2.32. The number of para-hydroxylation sites is 1. The third kappa shape index (κ3) is 3.65. The molecule has 0 saturated carbocycles. The lowest BCUT2D eigenvalue weighted by Crippen LogP contribution is -2.22. The van der Waals surface area contributed by atoms with Crippen LogP contribution < -0.4 is 5.11 Å². The van der Waals surface area contributed by atoms with E-state index in [0.717, 1.165) is 0 Å². The highest BCUT2D eigenvalue weighted by atomic mass is 35.5. The number of carboxylic acids is 1. The van der Waals surface area contributed by atoms with Gasteiger partial charge in [0.2, 0.25) is 0 Å². The molecule has 2 heterocycles. The van der Waals surface area contributed by atoms with E-state index in [-0.39, 0.29) is 5.56 Å². The molecule has 138 valence electrons. The van der Waals surface area contributed by atoms with E-state index < -0.39 is 5.97 Å². The minimum Gasteiger partial charge on any atom is -0.545 e. The first-order chi connectivity index (χ1) is 13.5. The molecule has 0 amide bonds. The Morgan fingerprint density at radius 1 is 1.00 bits per heavy atom. The Kier molecular flexibility index (Phi) is 4.90. The van der Waals surface area contributed by atoms with E-state index in [9.17, 15) is 9.90 Å². The van der Waals surface area contributed by atoms with Gasteiger partial charge in [0.15, 0.2) is 0 Å². The summed E-state index contributed by atoms with van der Waals surface area (Å²) < 4.78 is 5.81. The maximum atomic E-state index is 11.5. The standard InChI is InChI=1S/C22H13Cl2NO3/c23-13-5-9-19(24)18(11-13)21-10-8-15(28-21)7-6-14-12-17(22(26)27)16-3-1-2-4-20(16)25-14/h1-12H,(H,26,27)/p-1/b7-6+. The number of rotatable bonds is 4. The van der Waals surface area contributed by atoms with Crippen molar-refractivity contribution in [3.05, 3.63) is 87.7 Å². The molecule has 28 heavy (non-hydrogen) atoms. The van der Waals surface area contributed by atoms with Crippen LogP contribution in [0, 0.1) is 0 Å². The van der Waals surface area contributed by atoms with E-state index in [1.165, 1.54) is 6.07 Å². The Bertz CT molecular complexity index is 1230. The van der Waals surface area contributed by atoms with Gasteiger partial charge in [-0.1, -0.05) is 41.4 Å². The van der Waals surface area contributed by atoms with Crippen LogP contribution in [0.3, 0.4) is 0 Å². The number of hydrogen-bond acceptors (Lipinski definition) is 4. The third-order valence-corrected chi connectivity index (χ3v) is 4.76. The number of benzene rings is 2. The molecular weight excluding hydrogens is 397 g/mol. The molecule has 0 bridgehead atoms. The largest absolute Gasteiger partial charge is 0.545 e. The lowest BCUT2D eigenvalue weighted by Gasteiger charge is -2.08. The van der Waals surface area contributed by atoms with Crippen molar-refractivity contribution < 1.29 is 14.3 Å². The molecule has 0 unspecified atom stereocenters. The van der Waals surface area contributed by atoms with E-state index in [2.05, 4.69) is 4.98 Å². The van der Waals surface area contributed by atoms with E-state index in [0.29, 0.717) is 43.7 Å². The molecule has 0 aliphatic rings. The molecule has 0 aliphatic heterocycles. The highest BCUT2D eigenvalue weighted by Gasteiger charge is 2.09. The maximum absolute atomic E-state index is 11.5. The Balaban J connectivity index is 1.68. The summed E-state index contributed by atoms with van der Waals surface area (Å²) in [6, 6.07) is 17.2. The van der Waals surface area contributed by atoms with Gasteiger partial charge in [0.25, 0.3) is 0 Å². The van der Waals surface area contributed by atoms with E-state index in [4.69, 9.17) is 27.6 Å². The zero-order valence-electron chi connectivity index (χ0n) is 14.4. The number of hydrogen-bond donors (Lipinski definition) is 0. The van der Waals surface area contributed by atoms with Gasteiger partial charge >= 0.3 is 0 Å². The number of carboxylic acid groups (broad SMARTS) is 1. The van der Waals surface area contributed by atoms with Crippen molar-refractivity contribution in [3.8, 4) is 11.3 Å². The number of pyridine rings is 1. The zero-order valence-corrected chi connectivity index (χ0v) is 15.9. The number of aromatic nitrogens is 1. The van der Waals surface area contributed by atoms with E-state index in [1.54, 1.807) is 66.7 Å². The normalized spacial score (nSPS) is 11.4. The summed E-state index contributed by atoms with van der Waals surface area (Å²) in [5.41, 5.74) is 1.85. The summed E-state index contributed by atoms with van der Waals surface area (Å²) >= 11 is 12.2. The van der Waals surface area contributed by atoms with Gasteiger partial charge in [-0.25, -0.2) is 4.98 Å². The Morgan fingerprint density at radius 3 is 2.64 bits per heavy atom. The highest BCUT2D eigenvalue weighted by molar-refractivity contribution is 6.35. The first-order valence-corrected chi connectivity index (χ1v) is 9.11. The molecule has 0 aliphatic carbocycles. The summed E-state index contributed by atoms with van der Waals surface area (Å²) in [5, 5.41) is 13.1. The number of furan rings is 1. The average Bonchev–Trinajstić information content (AvgIpc) is 3.16. The number of aromatic carboxylic acids is 1. The number of carbonyl (C=O) groups excluding carboxylic acids is 1. The van der Waals surface area contributed by atoms with Crippen molar-refractivity contribution >= 4 is 52.2 Å². The molecular formula is C22H12Cl2NO3-. The molecule has 4 aromatic rings. The fourth-order valence-electron chi connectivity index (χ4n) is 2.89. The Morgan fingerprint density at radius 2 is 1.82 bits per heavy atom. The van der Waals surface area contributed by atoms with Gasteiger partial charge in [-0.05, 0) is 54.6 Å². The van der Waals surface area contributed by atoms with Crippen LogP contribution in [0.5, 0.6) is 0 Å². The predicted octanol–water partition coefficient (Wildman–Crippen LogP) is 5.34. The van der Waals surface area contributed by atoms with Crippen LogP contribution in [0.2, 0.25) is 10.0 Å². The van der Waals surface area contributed by atoms with Crippen LogP contribution in [-0.2, 0) is 0 Å². The quantitative estimate of drug-likeness (QED) is 0.457. The first kappa shape index (κ1) is 18.3. The van der Waals surface area contributed by atoms with Gasteiger partial charge in [0, 0.05) is 21.5 Å². The second-order valence-electron chi connectivity index (χ2n) is 6.06. The van der Waals surface area contributed by atoms with Crippen LogP contribution >= 0.6 is 23.2 Å². The fraction of sp³-hybridized carbons (Fsp3) is 0. The number of fused-ring (bicyclic) bond motifs is 1. The van der Waals surface area contributed by atoms with Crippen LogP contribution in [0.25, 0.3) is 34.4 Å². The molecule has 0 N–H and O–H groups in total. The van der Waals surface area contributed by atoms with Crippen LogP contribution in [-0.4, -0.2) is 11.0 Å². The molecule has 2 aromatic carbocycles. The summed E-state index contributed by atoms with van der Waals surface area (Å²) in [6.45, 7) is 0. The smallest absolute Gasteiger partial charge is 0.136 e. The number of nitrogens with zero attached hydrogens (tertiary/aromatic N) is 1. The summed E-state index contributed by atoms with van der Waals surface area (Å²) in [4.78, 5) is 15.9. The van der Waals surface area contributed by atoms with Crippen molar-refractivity contribution in [1.29, 1.82) is 0 Å². The lowest BCUT2D eigenvalue weighted by molar-refractivity contribution is -0.254. The van der Waals surface area contributed by atoms with Crippen molar-refractivity contribution in [2.75, 3.05) is 0 Å². The van der Waals surface area contributed by atoms with Crippen molar-refractivity contribution in [1.82, 2.24) is 4.98 Å². The van der Waals surface area contributed by atoms with Crippen molar-refractivity contribution in [2.45, 2.75) is 0 Å². The topological polar surface area (TPSA) is 66.2 Å².